The van der Waals surface area contributed by atoms with Crippen molar-refractivity contribution in [1.29, 1.82) is 0 Å². The fourth-order valence-corrected chi connectivity index (χ4v) is 1.72. The molecule has 1 amide bonds. The molecule has 0 saturated carbocycles. The number of aliphatic carboxylic acids is 1. The molecule has 0 saturated heterocycles. The summed E-state index contributed by atoms with van der Waals surface area (Å²) in [7, 11) is -3.78. The molecule has 0 fully saturated rings. The van der Waals surface area contributed by atoms with Gasteiger partial charge in [-0.3, -0.25) is 4.79 Å². The van der Waals surface area contributed by atoms with E-state index < -0.39 is 21.9 Å². The quantitative estimate of drug-likeness (QED) is 0.685. The van der Waals surface area contributed by atoms with Crippen molar-refractivity contribution in [1.82, 2.24) is 0 Å². The van der Waals surface area contributed by atoms with E-state index in [1.54, 1.807) is 0 Å². The molecule has 0 atom stereocenters. The van der Waals surface area contributed by atoms with Gasteiger partial charge in [0.05, 0.1) is 4.90 Å². The van der Waals surface area contributed by atoms with Crippen molar-refractivity contribution in [2.75, 3.05) is 5.32 Å². The molecule has 1 rings (SSSR count). The average molecular weight is 284 g/mol. The highest BCUT2D eigenvalue weighted by atomic mass is 32.2. The van der Waals surface area contributed by atoms with E-state index >= 15 is 0 Å². The second-order valence-corrected chi connectivity index (χ2v) is 5.25. The van der Waals surface area contributed by atoms with Gasteiger partial charge in [-0.1, -0.05) is 0 Å². The normalized spacial score (nSPS) is 12.0. The number of hydrogen-bond acceptors (Lipinski definition) is 4. The first-order valence-corrected chi connectivity index (χ1v) is 6.60. The van der Waals surface area contributed by atoms with Gasteiger partial charge in [0.2, 0.25) is 10.0 Å². The summed E-state index contributed by atoms with van der Waals surface area (Å²) in [6.07, 6.45) is 0.772. The van der Waals surface area contributed by atoms with Crippen LogP contribution in [0.5, 0.6) is 0 Å². The lowest BCUT2D eigenvalue weighted by atomic mass is 10.2. The number of nitrogens with two attached hydrogens (primary N) is 1. The number of sulfonamides is 1. The molecule has 4 N–H and O–H groups in total. The fourth-order valence-electron chi connectivity index (χ4n) is 1.21. The van der Waals surface area contributed by atoms with Crippen LogP contribution >= 0.6 is 0 Å². The Hall–Kier alpha value is -2.19. The maximum absolute atomic E-state index is 11.5. The Balaban J connectivity index is 2.85. The van der Waals surface area contributed by atoms with Gasteiger partial charge in [0.15, 0.2) is 0 Å². The van der Waals surface area contributed by atoms with Crippen LogP contribution < -0.4 is 10.5 Å². The SMILES string of the molecule is C/C(=C\C(=O)O)C(=O)Nc1ccc(S(N)(=O)=O)cc1. The molecular formula is C11H12N2O5S. The van der Waals surface area contributed by atoms with E-state index in [1.807, 2.05) is 0 Å². The smallest absolute Gasteiger partial charge is 0.328 e. The van der Waals surface area contributed by atoms with Crippen LogP contribution in [-0.2, 0) is 19.6 Å². The Morgan fingerprint density at radius 3 is 2.21 bits per heavy atom. The third kappa shape index (κ3) is 4.53. The number of carboxylic acid groups (broad SMARTS) is 1. The zero-order valence-electron chi connectivity index (χ0n) is 9.95. The summed E-state index contributed by atoms with van der Waals surface area (Å²) in [5.74, 6) is -1.82. The predicted octanol–water partition coefficient (Wildman–Crippen LogP) is 0.303. The Labute approximate surface area is 109 Å². The number of hydrogen-bond donors (Lipinski definition) is 3. The molecule has 8 heteroatoms. The van der Waals surface area contributed by atoms with Crippen molar-refractivity contribution in [3.63, 3.8) is 0 Å². The Kier molecular flexibility index (Phi) is 4.41. The van der Waals surface area contributed by atoms with E-state index in [9.17, 15) is 18.0 Å². The summed E-state index contributed by atoms with van der Waals surface area (Å²) in [5.41, 5.74) is 0.346. The van der Waals surface area contributed by atoms with Crippen LogP contribution in [-0.4, -0.2) is 25.4 Å². The minimum Gasteiger partial charge on any atom is -0.478 e. The van der Waals surface area contributed by atoms with Crippen LogP contribution in [0.3, 0.4) is 0 Å². The maximum atomic E-state index is 11.5. The molecule has 19 heavy (non-hydrogen) atoms. The van der Waals surface area contributed by atoms with Gasteiger partial charge in [-0.2, -0.15) is 0 Å². The zero-order valence-corrected chi connectivity index (χ0v) is 10.8. The van der Waals surface area contributed by atoms with Gasteiger partial charge >= 0.3 is 5.97 Å². The first kappa shape index (κ1) is 14.9. The lowest BCUT2D eigenvalue weighted by Crippen LogP contribution is -2.15. The van der Waals surface area contributed by atoms with Gasteiger partial charge in [-0.25, -0.2) is 18.4 Å². The van der Waals surface area contributed by atoms with Gasteiger partial charge in [-0.05, 0) is 31.2 Å². The van der Waals surface area contributed by atoms with Crippen molar-refractivity contribution < 1.29 is 23.1 Å². The van der Waals surface area contributed by atoms with E-state index in [4.69, 9.17) is 10.2 Å². The van der Waals surface area contributed by atoms with Crippen molar-refractivity contribution in [2.45, 2.75) is 11.8 Å². The number of anilines is 1. The number of nitrogens with one attached hydrogen (secondary N) is 1. The van der Waals surface area contributed by atoms with E-state index in [0.29, 0.717) is 5.69 Å². The molecule has 0 aliphatic carbocycles. The molecule has 1 aromatic rings. The van der Waals surface area contributed by atoms with Gasteiger partial charge in [0.25, 0.3) is 5.91 Å². The molecule has 7 nitrogen and oxygen atoms in total. The maximum Gasteiger partial charge on any atom is 0.328 e. The molecule has 0 spiro atoms. The monoisotopic (exact) mass is 284 g/mol. The molecule has 0 radical (unpaired) electrons. The Morgan fingerprint density at radius 1 is 1.26 bits per heavy atom. The molecule has 0 aliphatic rings. The van der Waals surface area contributed by atoms with Crippen LogP contribution in [0, 0.1) is 0 Å². The average Bonchev–Trinajstić information content (AvgIpc) is 2.27. The molecule has 0 aromatic heterocycles. The van der Waals surface area contributed by atoms with Gasteiger partial charge in [0.1, 0.15) is 0 Å². The molecule has 0 heterocycles. The third-order valence-corrected chi connectivity index (χ3v) is 3.07. The summed E-state index contributed by atoms with van der Waals surface area (Å²) in [6, 6.07) is 5.18. The fraction of sp³-hybridized carbons (Fsp3) is 0.0909. The largest absolute Gasteiger partial charge is 0.478 e. The lowest BCUT2D eigenvalue weighted by Gasteiger charge is -2.05. The summed E-state index contributed by atoms with van der Waals surface area (Å²) in [5, 5.41) is 15.8. The topological polar surface area (TPSA) is 127 Å². The first-order chi connectivity index (χ1) is 8.70. The molecule has 0 bridgehead atoms. The number of amides is 1. The van der Waals surface area contributed by atoms with Crippen LogP contribution in [0.1, 0.15) is 6.92 Å². The molecule has 0 unspecified atom stereocenters. The van der Waals surface area contributed by atoms with Gasteiger partial charge < -0.3 is 10.4 Å². The Bertz CT molecular complexity index is 632. The van der Waals surface area contributed by atoms with Crippen LogP contribution in [0.15, 0.2) is 40.8 Å². The van der Waals surface area contributed by atoms with E-state index in [1.165, 1.54) is 31.2 Å². The molecular weight excluding hydrogens is 272 g/mol. The number of rotatable bonds is 4. The van der Waals surface area contributed by atoms with Crippen LogP contribution in [0.2, 0.25) is 0 Å². The predicted molar refractivity (Wildman–Crippen MR) is 67.8 cm³/mol. The number of primary sulfonamides is 1. The molecule has 1 aromatic carbocycles. The summed E-state index contributed by atoms with van der Waals surface area (Å²) in [4.78, 5) is 21.8. The zero-order chi connectivity index (χ0) is 14.6. The summed E-state index contributed by atoms with van der Waals surface area (Å²) < 4.78 is 22.0. The van der Waals surface area contributed by atoms with E-state index in [-0.39, 0.29) is 10.5 Å². The number of benzene rings is 1. The van der Waals surface area contributed by atoms with Crippen molar-refractivity contribution >= 4 is 27.6 Å². The van der Waals surface area contributed by atoms with Gasteiger partial charge in [-0.15, -0.1) is 0 Å². The lowest BCUT2D eigenvalue weighted by molar-refractivity contribution is -0.131. The van der Waals surface area contributed by atoms with Gasteiger partial charge in [0, 0.05) is 17.3 Å². The summed E-state index contributed by atoms with van der Waals surface area (Å²) in [6.45, 7) is 1.35. The van der Waals surface area contributed by atoms with Crippen molar-refractivity contribution in [3.8, 4) is 0 Å². The minimum atomic E-state index is -3.78. The second kappa shape index (κ2) is 5.63. The highest BCUT2D eigenvalue weighted by Gasteiger charge is 2.09. The first-order valence-electron chi connectivity index (χ1n) is 5.05. The number of carboxylic acids is 1. The standard InChI is InChI=1S/C11H12N2O5S/c1-7(6-10(14)15)11(16)13-8-2-4-9(5-3-8)19(12,17)18/h2-6H,1H3,(H,13,16)(H,14,15)(H2,12,17,18)/b7-6+. The number of carbonyl (C=O) groups is 2. The number of carbonyl (C=O) groups excluding carboxylic acids is 1. The highest BCUT2D eigenvalue weighted by Crippen LogP contribution is 2.13. The Morgan fingerprint density at radius 2 is 1.79 bits per heavy atom. The second-order valence-electron chi connectivity index (χ2n) is 3.69. The van der Waals surface area contributed by atoms with Crippen molar-refractivity contribution in [2.24, 2.45) is 5.14 Å². The third-order valence-electron chi connectivity index (χ3n) is 2.14. The van der Waals surface area contributed by atoms with Crippen LogP contribution in [0.4, 0.5) is 5.69 Å². The van der Waals surface area contributed by atoms with E-state index in [0.717, 1.165) is 6.08 Å². The molecule has 0 aliphatic heterocycles. The van der Waals surface area contributed by atoms with E-state index in [2.05, 4.69) is 5.32 Å². The molecule has 102 valence electrons. The van der Waals surface area contributed by atoms with Crippen LogP contribution in [0.25, 0.3) is 0 Å². The minimum absolute atomic E-state index is 0.0167. The van der Waals surface area contributed by atoms with Crippen molar-refractivity contribution in [3.05, 3.63) is 35.9 Å². The highest BCUT2D eigenvalue weighted by molar-refractivity contribution is 7.89. The summed E-state index contributed by atoms with van der Waals surface area (Å²) >= 11 is 0.